The maximum absolute atomic E-state index is 13.2. The highest BCUT2D eigenvalue weighted by Crippen LogP contribution is 2.29. The van der Waals surface area contributed by atoms with Crippen LogP contribution in [0.15, 0.2) is 34.9 Å². The van der Waals surface area contributed by atoms with E-state index in [0.717, 1.165) is 11.3 Å². The summed E-state index contributed by atoms with van der Waals surface area (Å²) in [5.41, 5.74) is 3.99. The molecule has 0 saturated carbocycles. The summed E-state index contributed by atoms with van der Waals surface area (Å²) in [4.78, 5) is 0. The minimum atomic E-state index is -0.393. The molecule has 0 aliphatic heterocycles. The number of benzene rings is 1. The Labute approximate surface area is 103 Å². The lowest BCUT2D eigenvalue weighted by atomic mass is 10.0. The van der Waals surface area contributed by atoms with Gasteiger partial charge >= 0.3 is 0 Å². The molecule has 0 bridgehead atoms. The van der Waals surface area contributed by atoms with E-state index in [2.05, 4.69) is 5.43 Å². The second-order valence-electron chi connectivity index (χ2n) is 3.76. The number of nitrogens with one attached hydrogen (secondary N) is 1. The summed E-state index contributed by atoms with van der Waals surface area (Å²) in [5.74, 6) is 5.89. The molecule has 1 aromatic carbocycles. The number of rotatable bonds is 3. The third kappa shape index (κ3) is 2.49. The van der Waals surface area contributed by atoms with Crippen LogP contribution in [0.2, 0.25) is 5.02 Å². The lowest BCUT2D eigenvalue weighted by Gasteiger charge is -2.16. The van der Waals surface area contributed by atoms with Crippen LogP contribution in [0.3, 0.4) is 0 Å². The van der Waals surface area contributed by atoms with Crippen LogP contribution in [0.4, 0.5) is 4.39 Å². The van der Waals surface area contributed by atoms with Crippen molar-refractivity contribution in [3.8, 4) is 0 Å². The largest absolute Gasteiger partial charge is 0.469 e. The molecule has 0 amide bonds. The van der Waals surface area contributed by atoms with Crippen molar-refractivity contribution in [1.82, 2.24) is 5.43 Å². The van der Waals surface area contributed by atoms with Crippen LogP contribution >= 0.6 is 11.6 Å². The van der Waals surface area contributed by atoms with Crippen molar-refractivity contribution in [1.29, 1.82) is 0 Å². The molecule has 0 radical (unpaired) electrons. The normalized spacial score (nSPS) is 12.7. The minimum absolute atomic E-state index is 0.357. The summed E-state index contributed by atoms with van der Waals surface area (Å²) in [6.07, 6.45) is 1.57. The van der Waals surface area contributed by atoms with Gasteiger partial charge in [0.05, 0.1) is 12.3 Å². The van der Waals surface area contributed by atoms with Crippen LogP contribution in [-0.4, -0.2) is 0 Å². The van der Waals surface area contributed by atoms with Gasteiger partial charge < -0.3 is 4.42 Å². The molecular weight excluding hydrogens is 243 g/mol. The number of aryl methyl sites for hydroxylation is 1. The topological polar surface area (TPSA) is 51.2 Å². The summed E-state index contributed by atoms with van der Waals surface area (Å²) in [5, 5.41) is 0.452. The van der Waals surface area contributed by atoms with Crippen molar-refractivity contribution in [3.05, 3.63) is 58.3 Å². The SMILES string of the molecule is Cc1cc(C(NN)c2cc(F)ccc2Cl)co1. The average molecular weight is 255 g/mol. The van der Waals surface area contributed by atoms with Gasteiger partial charge in [-0.2, -0.15) is 0 Å². The highest BCUT2D eigenvalue weighted by atomic mass is 35.5. The van der Waals surface area contributed by atoms with Crippen molar-refractivity contribution in [2.75, 3.05) is 0 Å². The van der Waals surface area contributed by atoms with Gasteiger partial charge in [-0.25, -0.2) is 9.82 Å². The van der Waals surface area contributed by atoms with Gasteiger partial charge in [-0.3, -0.25) is 5.84 Å². The van der Waals surface area contributed by atoms with Crippen molar-refractivity contribution in [2.45, 2.75) is 13.0 Å². The Hall–Kier alpha value is -1.36. The number of furan rings is 1. The van der Waals surface area contributed by atoms with Crippen molar-refractivity contribution in [2.24, 2.45) is 5.84 Å². The third-order valence-corrected chi connectivity index (χ3v) is 2.86. The van der Waals surface area contributed by atoms with E-state index in [4.69, 9.17) is 21.9 Å². The van der Waals surface area contributed by atoms with Crippen LogP contribution in [0, 0.1) is 12.7 Å². The Balaban J connectivity index is 2.45. The summed E-state index contributed by atoms with van der Waals surface area (Å²) in [6, 6.07) is 5.60. The maximum Gasteiger partial charge on any atom is 0.123 e. The fourth-order valence-electron chi connectivity index (χ4n) is 1.72. The molecular formula is C12H12ClFN2O. The van der Waals surface area contributed by atoms with E-state index in [1.165, 1.54) is 18.2 Å². The van der Waals surface area contributed by atoms with Crippen molar-refractivity contribution in [3.63, 3.8) is 0 Å². The average Bonchev–Trinajstić information content (AvgIpc) is 2.71. The molecule has 0 spiro atoms. The zero-order valence-corrected chi connectivity index (χ0v) is 9.96. The Morgan fingerprint density at radius 1 is 1.41 bits per heavy atom. The van der Waals surface area contributed by atoms with Crippen LogP contribution in [0.25, 0.3) is 0 Å². The Bertz CT molecular complexity index is 527. The predicted octanol–water partition coefficient (Wildman–Crippen LogP) is 2.93. The van der Waals surface area contributed by atoms with Gasteiger partial charge in [-0.05, 0) is 36.8 Å². The molecule has 1 atom stereocenters. The van der Waals surface area contributed by atoms with Gasteiger partial charge in [0.15, 0.2) is 0 Å². The quantitative estimate of drug-likeness (QED) is 0.654. The molecule has 0 aliphatic carbocycles. The molecule has 3 N–H and O–H groups in total. The number of hydrogen-bond acceptors (Lipinski definition) is 3. The van der Waals surface area contributed by atoms with E-state index in [9.17, 15) is 4.39 Å². The Kier molecular flexibility index (Phi) is 3.47. The van der Waals surface area contributed by atoms with Crippen molar-refractivity contribution >= 4 is 11.6 Å². The first-order valence-electron chi connectivity index (χ1n) is 5.08. The molecule has 1 aromatic heterocycles. The van der Waals surface area contributed by atoms with Gasteiger partial charge in [0.1, 0.15) is 11.6 Å². The first kappa shape index (κ1) is 12.1. The standard InChI is InChI=1S/C12H12ClFN2O/c1-7-4-8(6-17-7)12(16-15)10-5-9(14)2-3-11(10)13/h2-6,12,16H,15H2,1H3. The molecule has 0 aliphatic rings. The van der Waals surface area contributed by atoms with Crippen LogP contribution in [0.1, 0.15) is 22.9 Å². The molecule has 2 aromatic rings. The number of hydrogen-bond donors (Lipinski definition) is 2. The number of halogens is 2. The maximum atomic E-state index is 13.2. The van der Waals surface area contributed by atoms with E-state index in [0.29, 0.717) is 10.6 Å². The molecule has 3 nitrogen and oxygen atoms in total. The third-order valence-electron chi connectivity index (χ3n) is 2.52. The number of nitrogens with two attached hydrogens (primary N) is 1. The zero-order chi connectivity index (χ0) is 12.4. The van der Waals surface area contributed by atoms with Gasteiger partial charge in [0.25, 0.3) is 0 Å². The predicted molar refractivity (Wildman–Crippen MR) is 64.0 cm³/mol. The van der Waals surface area contributed by atoms with E-state index in [1.54, 1.807) is 6.26 Å². The van der Waals surface area contributed by atoms with Gasteiger partial charge in [-0.1, -0.05) is 11.6 Å². The first-order chi connectivity index (χ1) is 8.11. The van der Waals surface area contributed by atoms with E-state index < -0.39 is 6.04 Å². The summed E-state index contributed by atoms with van der Waals surface area (Å²) >= 11 is 6.03. The second-order valence-corrected chi connectivity index (χ2v) is 4.16. The molecule has 90 valence electrons. The Morgan fingerprint density at radius 2 is 2.18 bits per heavy atom. The molecule has 1 heterocycles. The van der Waals surface area contributed by atoms with Crippen LogP contribution in [0.5, 0.6) is 0 Å². The fourth-order valence-corrected chi connectivity index (χ4v) is 1.94. The molecule has 0 fully saturated rings. The molecule has 1 unspecified atom stereocenters. The lowest BCUT2D eigenvalue weighted by Crippen LogP contribution is -2.28. The zero-order valence-electron chi connectivity index (χ0n) is 9.21. The molecule has 17 heavy (non-hydrogen) atoms. The summed E-state index contributed by atoms with van der Waals surface area (Å²) in [7, 11) is 0. The molecule has 0 saturated heterocycles. The van der Waals surface area contributed by atoms with Gasteiger partial charge in [0, 0.05) is 10.6 Å². The highest BCUT2D eigenvalue weighted by Gasteiger charge is 2.18. The summed E-state index contributed by atoms with van der Waals surface area (Å²) < 4.78 is 18.4. The fraction of sp³-hybridized carbons (Fsp3) is 0.167. The monoisotopic (exact) mass is 254 g/mol. The molecule has 2 rings (SSSR count). The Morgan fingerprint density at radius 3 is 2.76 bits per heavy atom. The first-order valence-corrected chi connectivity index (χ1v) is 5.45. The summed E-state index contributed by atoms with van der Waals surface area (Å²) in [6.45, 7) is 1.82. The number of hydrazine groups is 1. The van der Waals surface area contributed by atoms with Gasteiger partial charge in [-0.15, -0.1) is 0 Å². The lowest BCUT2D eigenvalue weighted by molar-refractivity contribution is 0.525. The van der Waals surface area contributed by atoms with E-state index >= 15 is 0 Å². The smallest absolute Gasteiger partial charge is 0.123 e. The van der Waals surface area contributed by atoms with E-state index in [-0.39, 0.29) is 5.82 Å². The van der Waals surface area contributed by atoms with Crippen molar-refractivity contribution < 1.29 is 8.81 Å². The van der Waals surface area contributed by atoms with Crippen LogP contribution < -0.4 is 11.3 Å². The van der Waals surface area contributed by atoms with Gasteiger partial charge in [0.2, 0.25) is 0 Å². The minimum Gasteiger partial charge on any atom is -0.469 e. The highest BCUT2D eigenvalue weighted by molar-refractivity contribution is 6.31. The molecule has 5 heteroatoms. The van der Waals surface area contributed by atoms with E-state index in [1.807, 2.05) is 13.0 Å². The second kappa shape index (κ2) is 4.87. The van der Waals surface area contributed by atoms with Crippen LogP contribution in [-0.2, 0) is 0 Å².